The standard InChI is InChI=1S/C18H22N4O/c1-14-13-16(21-18(20-14)22-11-5-6-12-22)17(23)19-10-9-15-7-3-2-4-8-15/h2-4,7-8,13H,5-6,9-12H2,1H3,(H,19,23). The number of amides is 1. The molecule has 120 valence electrons. The molecule has 0 spiro atoms. The molecule has 1 N–H and O–H groups in total. The third-order valence-corrected chi connectivity index (χ3v) is 4.01. The van der Waals surface area contributed by atoms with Crippen molar-refractivity contribution in [3.63, 3.8) is 0 Å². The molecular formula is C18H22N4O. The zero-order valence-corrected chi connectivity index (χ0v) is 13.5. The Hall–Kier alpha value is -2.43. The van der Waals surface area contributed by atoms with Gasteiger partial charge in [0, 0.05) is 25.3 Å². The Bertz CT molecular complexity index is 666. The minimum Gasteiger partial charge on any atom is -0.350 e. The van der Waals surface area contributed by atoms with Gasteiger partial charge in [-0.3, -0.25) is 4.79 Å². The van der Waals surface area contributed by atoms with Crippen molar-refractivity contribution in [2.24, 2.45) is 0 Å². The summed E-state index contributed by atoms with van der Waals surface area (Å²) in [4.78, 5) is 23.4. The van der Waals surface area contributed by atoms with E-state index in [1.165, 1.54) is 5.56 Å². The lowest BCUT2D eigenvalue weighted by Gasteiger charge is -2.16. The Morgan fingerprint density at radius 1 is 1.17 bits per heavy atom. The van der Waals surface area contributed by atoms with Crippen LogP contribution in [-0.4, -0.2) is 35.5 Å². The summed E-state index contributed by atoms with van der Waals surface area (Å²) in [5, 5.41) is 2.94. The lowest BCUT2D eigenvalue weighted by Crippen LogP contribution is -2.28. The molecule has 1 fully saturated rings. The van der Waals surface area contributed by atoms with Crippen LogP contribution < -0.4 is 10.2 Å². The van der Waals surface area contributed by atoms with Gasteiger partial charge < -0.3 is 10.2 Å². The summed E-state index contributed by atoms with van der Waals surface area (Å²) in [5.41, 5.74) is 2.49. The lowest BCUT2D eigenvalue weighted by atomic mass is 10.1. The number of benzene rings is 1. The predicted octanol–water partition coefficient (Wildman–Crippen LogP) is 2.36. The summed E-state index contributed by atoms with van der Waals surface area (Å²) in [6, 6.07) is 11.9. The number of nitrogens with zero attached hydrogens (tertiary/aromatic N) is 3. The van der Waals surface area contributed by atoms with Gasteiger partial charge in [-0.15, -0.1) is 0 Å². The zero-order valence-electron chi connectivity index (χ0n) is 13.5. The van der Waals surface area contributed by atoms with Crippen molar-refractivity contribution in [1.82, 2.24) is 15.3 Å². The third kappa shape index (κ3) is 4.06. The van der Waals surface area contributed by atoms with Gasteiger partial charge in [0.05, 0.1) is 0 Å². The number of carbonyl (C=O) groups is 1. The molecule has 0 atom stereocenters. The average Bonchev–Trinajstić information content (AvgIpc) is 3.10. The maximum Gasteiger partial charge on any atom is 0.270 e. The number of nitrogens with one attached hydrogen (secondary N) is 1. The molecule has 1 aliphatic rings. The summed E-state index contributed by atoms with van der Waals surface area (Å²) in [6.07, 6.45) is 3.14. The fourth-order valence-electron chi connectivity index (χ4n) is 2.78. The fraction of sp³-hybridized carbons (Fsp3) is 0.389. The number of hydrogen-bond donors (Lipinski definition) is 1. The van der Waals surface area contributed by atoms with E-state index in [1.807, 2.05) is 25.1 Å². The van der Waals surface area contributed by atoms with Gasteiger partial charge >= 0.3 is 0 Å². The monoisotopic (exact) mass is 310 g/mol. The van der Waals surface area contributed by atoms with Crippen LogP contribution in [0.3, 0.4) is 0 Å². The lowest BCUT2D eigenvalue weighted by molar-refractivity contribution is 0.0949. The molecule has 1 saturated heterocycles. The Morgan fingerprint density at radius 2 is 1.91 bits per heavy atom. The highest BCUT2D eigenvalue weighted by atomic mass is 16.1. The molecule has 5 nitrogen and oxygen atoms in total. The van der Waals surface area contributed by atoms with E-state index in [0.717, 1.165) is 38.0 Å². The number of aromatic nitrogens is 2. The molecule has 0 radical (unpaired) electrons. The van der Waals surface area contributed by atoms with E-state index in [0.29, 0.717) is 18.2 Å². The molecule has 1 aromatic carbocycles. The minimum atomic E-state index is -0.133. The van der Waals surface area contributed by atoms with Crippen molar-refractivity contribution >= 4 is 11.9 Å². The van der Waals surface area contributed by atoms with Gasteiger partial charge in [-0.05, 0) is 37.8 Å². The molecule has 5 heteroatoms. The smallest absolute Gasteiger partial charge is 0.270 e. The van der Waals surface area contributed by atoms with E-state index in [2.05, 4.69) is 32.3 Å². The summed E-state index contributed by atoms with van der Waals surface area (Å²) in [6.45, 7) is 4.45. The first-order chi connectivity index (χ1) is 11.2. The molecule has 1 aliphatic heterocycles. The summed E-state index contributed by atoms with van der Waals surface area (Å²) < 4.78 is 0. The van der Waals surface area contributed by atoms with Gasteiger partial charge in [-0.2, -0.15) is 0 Å². The van der Waals surface area contributed by atoms with Crippen LogP contribution in [-0.2, 0) is 6.42 Å². The maximum absolute atomic E-state index is 12.3. The van der Waals surface area contributed by atoms with E-state index in [-0.39, 0.29) is 5.91 Å². The molecule has 3 rings (SSSR count). The average molecular weight is 310 g/mol. The predicted molar refractivity (Wildman–Crippen MR) is 90.7 cm³/mol. The largest absolute Gasteiger partial charge is 0.350 e. The quantitative estimate of drug-likeness (QED) is 0.921. The molecule has 1 aromatic heterocycles. The van der Waals surface area contributed by atoms with Crippen LogP contribution in [0.25, 0.3) is 0 Å². The molecule has 0 bridgehead atoms. The molecule has 0 unspecified atom stereocenters. The van der Waals surface area contributed by atoms with E-state index in [4.69, 9.17) is 0 Å². The summed E-state index contributed by atoms with van der Waals surface area (Å²) in [7, 11) is 0. The van der Waals surface area contributed by atoms with Crippen LogP contribution in [0.1, 0.15) is 34.6 Å². The Balaban J connectivity index is 1.62. The molecule has 0 saturated carbocycles. The second-order valence-electron chi connectivity index (χ2n) is 5.88. The number of carbonyl (C=O) groups excluding carboxylic acids is 1. The highest BCUT2D eigenvalue weighted by Crippen LogP contribution is 2.16. The van der Waals surface area contributed by atoms with Gasteiger partial charge in [0.15, 0.2) is 0 Å². The van der Waals surface area contributed by atoms with Crippen LogP contribution in [0.5, 0.6) is 0 Å². The zero-order chi connectivity index (χ0) is 16.1. The summed E-state index contributed by atoms with van der Waals surface area (Å²) in [5.74, 6) is 0.544. The van der Waals surface area contributed by atoms with Crippen molar-refractivity contribution in [1.29, 1.82) is 0 Å². The second kappa shape index (κ2) is 7.22. The van der Waals surface area contributed by atoms with Crippen molar-refractivity contribution < 1.29 is 4.79 Å². The van der Waals surface area contributed by atoms with Gasteiger partial charge in [0.1, 0.15) is 5.69 Å². The van der Waals surface area contributed by atoms with Gasteiger partial charge in [0.2, 0.25) is 5.95 Å². The highest BCUT2D eigenvalue weighted by molar-refractivity contribution is 5.92. The summed E-state index contributed by atoms with van der Waals surface area (Å²) >= 11 is 0. The van der Waals surface area contributed by atoms with Crippen LogP contribution in [0.4, 0.5) is 5.95 Å². The number of hydrogen-bond acceptors (Lipinski definition) is 4. The van der Waals surface area contributed by atoms with Crippen LogP contribution in [0.2, 0.25) is 0 Å². The SMILES string of the molecule is Cc1cc(C(=O)NCCc2ccccc2)nc(N2CCCC2)n1. The topological polar surface area (TPSA) is 58.1 Å². The first kappa shape index (κ1) is 15.5. The molecule has 0 aliphatic carbocycles. The van der Waals surface area contributed by atoms with E-state index in [1.54, 1.807) is 6.07 Å². The van der Waals surface area contributed by atoms with Crippen molar-refractivity contribution in [3.05, 3.63) is 53.3 Å². The van der Waals surface area contributed by atoms with Crippen molar-refractivity contribution in [2.75, 3.05) is 24.5 Å². The molecular weight excluding hydrogens is 288 g/mol. The van der Waals surface area contributed by atoms with E-state index >= 15 is 0 Å². The van der Waals surface area contributed by atoms with Gasteiger partial charge in [-0.25, -0.2) is 9.97 Å². The Kier molecular flexibility index (Phi) is 4.86. The van der Waals surface area contributed by atoms with Crippen LogP contribution in [0.15, 0.2) is 36.4 Å². The number of anilines is 1. The van der Waals surface area contributed by atoms with Crippen molar-refractivity contribution in [2.45, 2.75) is 26.2 Å². The Morgan fingerprint density at radius 3 is 2.65 bits per heavy atom. The third-order valence-electron chi connectivity index (χ3n) is 4.01. The minimum absolute atomic E-state index is 0.133. The fourth-order valence-corrected chi connectivity index (χ4v) is 2.78. The van der Waals surface area contributed by atoms with E-state index in [9.17, 15) is 4.79 Å². The van der Waals surface area contributed by atoms with Gasteiger partial charge in [0.25, 0.3) is 5.91 Å². The first-order valence-electron chi connectivity index (χ1n) is 8.15. The number of rotatable bonds is 5. The Labute approximate surface area is 136 Å². The number of aryl methyl sites for hydroxylation is 1. The molecule has 1 amide bonds. The van der Waals surface area contributed by atoms with Crippen molar-refractivity contribution in [3.8, 4) is 0 Å². The highest BCUT2D eigenvalue weighted by Gasteiger charge is 2.17. The van der Waals surface area contributed by atoms with Gasteiger partial charge in [-0.1, -0.05) is 30.3 Å². The molecule has 23 heavy (non-hydrogen) atoms. The van der Waals surface area contributed by atoms with Crippen LogP contribution in [0, 0.1) is 6.92 Å². The first-order valence-corrected chi connectivity index (χ1v) is 8.15. The molecule has 2 heterocycles. The second-order valence-corrected chi connectivity index (χ2v) is 5.88. The molecule has 2 aromatic rings. The normalized spacial score (nSPS) is 14.0. The maximum atomic E-state index is 12.3. The van der Waals surface area contributed by atoms with Crippen LogP contribution >= 0.6 is 0 Å². The van der Waals surface area contributed by atoms with E-state index < -0.39 is 0 Å².